The summed E-state index contributed by atoms with van der Waals surface area (Å²) in [5.41, 5.74) is 1.43. The van der Waals surface area contributed by atoms with E-state index in [1.54, 1.807) is 36.4 Å². The van der Waals surface area contributed by atoms with Crippen LogP contribution in [0.5, 0.6) is 17.2 Å². The molecule has 3 atom stereocenters. The quantitative estimate of drug-likeness (QED) is 0.219. The number of carbonyl (C=O) groups is 2. The van der Waals surface area contributed by atoms with Crippen LogP contribution in [0.4, 0.5) is 0 Å². The number of amides is 2. The molecule has 0 aliphatic rings. The van der Waals surface area contributed by atoms with Crippen LogP contribution in [0, 0.1) is 11.8 Å². The van der Waals surface area contributed by atoms with Gasteiger partial charge in [0.15, 0.2) is 0 Å². The Morgan fingerprint density at radius 2 is 1.46 bits per heavy atom. The summed E-state index contributed by atoms with van der Waals surface area (Å²) in [6.07, 6.45) is 0.347. The first-order chi connectivity index (χ1) is 18.5. The van der Waals surface area contributed by atoms with Gasteiger partial charge in [0.1, 0.15) is 23.3 Å². The molecule has 0 saturated carbocycles. The molecule has 0 bridgehead atoms. The number of carbonyl (C=O) groups excluding carboxylic acids is 2. The van der Waals surface area contributed by atoms with Crippen molar-refractivity contribution < 1.29 is 28.9 Å². The Morgan fingerprint density at radius 3 is 2.05 bits per heavy atom. The van der Waals surface area contributed by atoms with Crippen LogP contribution >= 0.6 is 7.37 Å². The highest BCUT2D eigenvalue weighted by atomic mass is 31.2. The van der Waals surface area contributed by atoms with E-state index in [-0.39, 0.29) is 36.3 Å². The number of hydrogen-bond donors (Lipinski definition) is 4. The first kappa shape index (κ1) is 29.9. The predicted molar refractivity (Wildman–Crippen MR) is 152 cm³/mol. The van der Waals surface area contributed by atoms with Crippen LogP contribution in [0.25, 0.3) is 0 Å². The minimum Gasteiger partial charge on any atom is -0.508 e. The zero-order valence-electron chi connectivity index (χ0n) is 22.5. The van der Waals surface area contributed by atoms with Crippen molar-refractivity contribution in [2.75, 3.05) is 13.2 Å². The highest BCUT2D eigenvalue weighted by molar-refractivity contribution is 7.57. The number of phenolic OH excluding ortho intramolecular Hbond substituents is 1. The van der Waals surface area contributed by atoms with Gasteiger partial charge in [-0.3, -0.25) is 14.2 Å². The van der Waals surface area contributed by atoms with Crippen LogP contribution in [0.15, 0.2) is 78.9 Å². The van der Waals surface area contributed by atoms with E-state index in [1.807, 2.05) is 44.2 Å². The van der Waals surface area contributed by atoms with E-state index in [0.717, 1.165) is 5.56 Å². The average Bonchev–Trinajstić information content (AvgIpc) is 2.89. The predicted octanol–water partition coefficient (Wildman–Crippen LogP) is 5.09. The van der Waals surface area contributed by atoms with Crippen LogP contribution in [-0.2, 0) is 26.7 Å². The molecule has 3 aromatic carbocycles. The van der Waals surface area contributed by atoms with E-state index in [4.69, 9.17) is 4.74 Å². The largest absolute Gasteiger partial charge is 0.508 e. The molecule has 2 amide bonds. The van der Waals surface area contributed by atoms with Gasteiger partial charge in [-0.2, -0.15) is 0 Å². The van der Waals surface area contributed by atoms with Crippen molar-refractivity contribution in [1.29, 1.82) is 0 Å². The molecule has 0 radical (unpaired) electrons. The normalized spacial score (nSPS) is 14.2. The van der Waals surface area contributed by atoms with E-state index in [2.05, 4.69) is 10.6 Å². The fourth-order valence-electron chi connectivity index (χ4n) is 4.36. The highest BCUT2D eigenvalue weighted by Crippen LogP contribution is 2.47. The highest BCUT2D eigenvalue weighted by Gasteiger charge is 2.32. The Morgan fingerprint density at radius 1 is 0.872 bits per heavy atom. The molecule has 4 N–H and O–H groups in total. The Kier molecular flexibility index (Phi) is 10.7. The molecule has 0 aliphatic carbocycles. The Hall–Kier alpha value is -3.61. The monoisotopic (exact) mass is 552 g/mol. The van der Waals surface area contributed by atoms with Gasteiger partial charge in [0, 0.05) is 31.7 Å². The lowest BCUT2D eigenvalue weighted by Crippen LogP contribution is -2.49. The summed E-state index contributed by atoms with van der Waals surface area (Å²) in [7, 11) is -2.25. The molecule has 3 rings (SSSR count). The summed E-state index contributed by atoms with van der Waals surface area (Å²) in [4.78, 5) is 36.8. The Bertz CT molecular complexity index is 1260. The van der Waals surface area contributed by atoms with Gasteiger partial charge < -0.3 is 25.4 Å². The molecular weight excluding hydrogens is 515 g/mol. The number of phenols is 1. The number of ether oxygens (including phenoxy) is 1. The molecular formula is C30H37N2O6P. The summed E-state index contributed by atoms with van der Waals surface area (Å²) >= 11 is 0. The van der Waals surface area contributed by atoms with Crippen molar-refractivity contribution in [3.05, 3.63) is 90.0 Å². The van der Waals surface area contributed by atoms with Crippen LogP contribution in [0.2, 0.25) is 0 Å². The summed E-state index contributed by atoms with van der Waals surface area (Å²) in [6, 6.07) is 21.9. The van der Waals surface area contributed by atoms with Gasteiger partial charge >= 0.3 is 0 Å². The molecule has 2 unspecified atom stereocenters. The average molecular weight is 553 g/mol. The fourth-order valence-corrected chi connectivity index (χ4v) is 6.27. The van der Waals surface area contributed by atoms with Gasteiger partial charge in [-0.15, -0.1) is 0 Å². The van der Waals surface area contributed by atoms with Crippen molar-refractivity contribution >= 4 is 19.2 Å². The van der Waals surface area contributed by atoms with Gasteiger partial charge in [0.25, 0.3) is 0 Å². The first-order valence-electron chi connectivity index (χ1n) is 13.0. The zero-order chi connectivity index (χ0) is 28.4. The van der Waals surface area contributed by atoms with Crippen molar-refractivity contribution in [3.63, 3.8) is 0 Å². The van der Waals surface area contributed by atoms with Crippen molar-refractivity contribution in [3.8, 4) is 17.2 Å². The lowest BCUT2D eigenvalue weighted by atomic mass is 9.97. The third-order valence-electron chi connectivity index (χ3n) is 6.22. The minimum absolute atomic E-state index is 0.0765. The number of benzene rings is 3. The lowest BCUT2D eigenvalue weighted by Gasteiger charge is -2.25. The fraction of sp³-hybridized carbons (Fsp3) is 0.333. The topological polar surface area (TPSA) is 125 Å². The van der Waals surface area contributed by atoms with Gasteiger partial charge in [-0.1, -0.05) is 56.3 Å². The van der Waals surface area contributed by atoms with E-state index in [1.165, 1.54) is 19.2 Å². The second-order valence-corrected chi connectivity index (χ2v) is 12.5. The maximum atomic E-state index is 13.3. The summed E-state index contributed by atoms with van der Waals surface area (Å²) in [5, 5.41) is 14.9. The minimum atomic E-state index is -3.74. The second kappa shape index (κ2) is 14.0. The molecule has 3 aromatic rings. The maximum absolute atomic E-state index is 13.3. The van der Waals surface area contributed by atoms with Gasteiger partial charge in [-0.25, -0.2) is 0 Å². The molecule has 0 fully saturated rings. The maximum Gasteiger partial charge on any atom is 0.242 e. The third-order valence-corrected chi connectivity index (χ3v) is 8.09. The van der Waals surface area contributed by atoms with E-state index in [9.17, 15) is 24.2 Å². The number of likely N-dealkylation sites (N-methyl/N-ethyl adjacent to an activating group) is 1. The van der Waals surface area contributed by atoms with Crippen molar-refractivity contribution in [2.24, 2.45) is 11.8 Å². The number of aromatic hydroxyl groups is 1. The van der Waals surface area contributed by atoms with Crippen LogP contribution in [0.3, 0.4) is 0 Å². The lowest BCUT2D eigenvalue weighted by molar-refractivity contribution is -0.130. The van der Waals surface area contributed by atoms with Crippen molar-refractivity contribution in [1.82, 2.24) is 10.6 Å². The summed E-state index contributed by atoms with van der Waals surface area (Å²) < 4.78 is 19.1. The van der Waals surface area contributed by atoms with Gasteiger partial charge in [0.05, 0.1) is 0 Å². The molecule has 8 nitrogen and oxygen atoms in total. The van der Waals surface area contributed by atoms with E-state index in [0.29, 0.717) is 23.5 Å². The van der Waals surface area contributed by atoms with Crippen molar-refractivity contribution in [2.45, 2.75) is 38.9 Å². The number of para-hydroxylation sites is 1. The molecule has 39 heavy (non-hydrogen) atoms. The first-order valence-corrected chi connectivity index (χ1v) is 15.0. The van der Waals surface area contributed by atoms with Gasteiger partial charge in [-0.05, 0) is 59.9 Å². The Labute approximate surface area is 229 Å². The third kappa shape index (κ3) is 9.89. The number of nitrogens with one attached hydrogen (secondary N) is 2. The smallest absolute Gasteiger partial charge is 0.242 e. The SMILES string of the molecule is CNC(=O)[C@@H](Cc1ccc(O)cc1)NC(=O)C(CC(C)C)CP(=O)(O)Cc1ccc(Oc2ccccc2)cc1. The number of rotatable bonds is 13. The van der Waals surface area contributed by atoms with E-state index >= 15 is 0 Å². The Balaban J connectivity index is 1.68. The second-order valence-electron chi connectivity index (χ2n) is 10.1. The van der Waals surface area contributed by atoms with Crippen LogP contribution in [0.1, 0.15) is 31.4 Å². The molecule has 9 heteroatoms. The van der Waals surface area contributed by atoms with Gasteiger partial charge in [0.2, 0.25) is 19.2 Å². The molecule has 0 aliphatic heterocycles. The standard InChI is InChI=1S/C30H37N2O6P/c1-21(2)17-24(29(34)32-28(30(35)31-3)18-22-9-13-25(33)14-10-22)20-39(36,37)19-23-11-15-27(16-12-23)38-26-7-5-4-6-8-26/h4-16,21,24,28,33H,17-20H2,1-3H3,(H,31,35)(H,32,34)(H,36,37)/t24?,28-/m1/s1. The molecule has 0 spiro atoms. The van der Waals surface area contributed by atoms with Crippen LogP contribution in [-0.4, -0.2) is 41.1 Å². The molecule has 0 heterocycles. The molecule has 0 aromatic heterocycles. The summed E-state index contributed by atoms with van der Waals surface area (Å²) in [6.45, 7) is 3.89. The molecule has 0 saturated heterocycles. The van der Waals surface area contributed by atoms with Crippen LogP contribution < -0.4 is 15.4 Å². The van der Waals surface area contributed by atoms with E-state index < -0.39 is 25.2 Å². The zero-order valence-corrected chi connectivity index (χ0v) is 23.4. The number of hydrogen-bond acceptors (Lipinski definition) is 5. The summed E-state index contributed by atoms with van der Waals surface area (Å²) in [5.74, 6) is -0.0287. The molecule has 208 valence electrons.